The van der Waals surface area contributed by atoms with Crippen LogP contribution in [0.1, 0.15) is 38.1 Å². The fourth-order valence-electron chi connectivity index (χ4n) is 4.15. The summed E-state index contributed by atoms with van der Waals surface area (Å²) in [6, 6.07) is 7.17. The number of aromatic nitrogens is 4. The van der Waals surface area contributed by atoms with E-state index in [2.05, 4.69) is 32.2 Å². The van der Waals surface area contributed by atoms with Gasteiger partial charge >= 0.3 is 0 Å². The molecule has 1 aromatic heterocycles. The van der Waals surface area contributed by atoms with E-state index in [0.717, 1.165) is 57.9 Å². The molecule has 0 amide bonds. The summed E-state index contributed by atoms with van der Waals surface area (Å²) >= 11 is 0. The van der Waals surface area contributed by atoms with Gasteiger partial charge in [-0.2, -0.15) is 0 Å². The zero-order valence-corrected chi connectivity index (χ0v) is 15.8. The molecule has 3 heterocycles. The van der Waals surface area contributed by atoms with Crippen molar-refractivity contribution in [3.8, 4) is 0 Å². The molecule has 0 radical (unpaired) electrons. The van der Waals surface area contributed by atoms with E-state index < -0.39 is 0 Å². The van der Waals surface area contributed by atoms with Crippen LogP contribution in [0.15, 0.2) is 24.3 Å². The quantitative estimate of drug-likeness (QED) is 0.773. The fraction of sp³-hybridized carbons (Fsp3) is 0.632. The van der Waals surface area contributed by atoms with E-state index in [0.29, 0.717) is 12.2 Å². The molecule has 0 N–H and O–H groups in total. The second-order valence-electron chi connectivity index (χ2n) is 7.25. The maximum atomic E-state index is 14.1. The largest absolute Gasteiger partial charge is 0.376 e. The van der Waals surface area contributed by atoms with E-state index in [-0.39, 0.29) is 18.0 Å². The normalized spacial score (nSPS) is 22.3. The first-order chi connectivity index (χ1) is 13.3. The Balaban J connectivity index is 1.42. The summed E-state index contributed by atoms with van der Waals surface area (Å²) in [6.07, 6.45) is 3.32. The van der Waals surface area contributed by atoms with Crippen LogP contribution in [0.5, 0.6) is 0 Å². The maximum absolute atomic E-state index is 14.1. The van der Waals surface area contributed by atoms with Crippen LogP contribution in [0.2, 0.25) is 0 Å². The molecule has 2 aliphatic rings. The maximum Gasteiger partial charge on any atom is 0.168 e. The number of benzene rings is 1. The Labute approximate surface area is 159 Å². The molecule has 2 fully saturated rings. The molecule has 2 saturated heterocycles. The number of nitrogens with zero attached hydrogens (tertiary/aromatic N) is 6. The summed E-state index contributed by atoms with van der Waals surface area (Å²) in [5.74, 6) is 0.755. The van der Waals surface area contributed by atoms with Gasteiger partial charge in [0, 0.05) is 32.8 Å². The van der Waals surface area contributed by atoms with Crippen LogP contribution >= 0.6 is 0 Å². The Hall–Kier alpha value is -2.06. The molecule has 0 saturated carbocycles. The van der Waals surface area contributed by atoms with Crippen LogP contribution in [0, 0.1) is 5.82 Å². The van der Waals surface area contributed by atoms with E-state index in [4.69, 9.17) is 4.74 Å². The van der Waals surface area contributed by atoms with E-state index in [1.54, 1.807) is 6.07 Å². The van der Waals surface area contributed by atoms with Crippen LogP contribution in [0.3, 0.4) is 0 Å². The minimum atomic E-state index is -0.154. The first-order valence-electron chi connectivity index (χ1n) is 9.87. The smallest absolute Gasteiger partial charge is 0.168 e. The Morgan fingerprint density at radius 3 is 2.74 bits per heavy atom. The van der Waals surface area contributed by atoms with Crippen LogP contribution in [-0.2, 0) is 11.3 Å². The number of ether oxygens (including phenoxy) is 1. The molecule has 1 aromatic carbocycles. The number of hydrogen-bond acceptors (Lipinski definition) is 6. The third kappa shape index (κ3) is 3.96. The Kier molecular flexibility index (Phi) is 5.63. The molecule has 0 aliphatic carbocycles. The molecule has 0 bridgehead atoms. The molecule has 8 heteroatoms. The summed E-state index contributed by atoms with van der Waals surface area (Å²) in [7, 11) is 0. The lowest BCUT2D eigenvalue weighted by Crippen LogP contribution is -2.48. The summed E-state index contributed by atoms with van der Waals surface area (Å²) in [5.41, 5.74) is 0.688. The zero-order chi connectivity index (χ0) is 18.6. The van der Waals surface area contributed by atoms with Gasteiger partial charge < -0.3 is 9.64 Å². The minimum Gasteiger partial charge on any atom is -0.376 e. The standard InChI is InChI=1S/C19H27FN6O/c1-2-17(19-21-22-23-26(19)14-15-6-5-13-27-15)24-9-11-25(12-10-24)18-8-4-3-7-16(18)20/h3-4,7-8,15,17H,2,5-6,9-14H2,1H3/t15-,17+/m1/s1. The highest BCUT2D eigenvalue weighted by molar-refractivity contribution is 5.48. The van der Waals surface area contributed by atoms with Gasteiger partial charge in [-0.05, 0) is 41.8 Å². The number of rotatable bonds is 6. The van der Waals surface area contributed by atoms with Gasteiger partial charge in [0.15, 0.2) is 5.82 Å². The molecule has 2 atom stereocenters. The topological polar surface area (TPSA) is 59.3 Å². The van der Waals surface area contributed by atoms with Crippen molar-refractivity contribution < 1.29 is 9.13 Å². The van der Waals surface area contributed by atoms with Crippen molar-refractivity contribution in [2.75, 3.05) is 37.7 Å². The number of halogens is 1. The monoisotopic (exact) mass is 374 g/mol. The van der Waals surface area contributed by atoms with Crippen molar-refractivity contribution >= 4 is 5.69 Å². The molecule has 0 spiro atoms. The van der Waals surface area contributed by atoms with Crippen LogP contribution in [-0.4, -0.2) is 64.0 Å². The van der Waals surface area contributed by atoms with Gasteiger partial charge in [0.25, 0.3) is 0 Å². The van der Waals surface area contributed by atoms with E-state index in [9.17, 15) is 4.39 Å². The zero-order valence-electron chi connectivity index (χ0n) is 15.8. The number of para-hydroxylation sites is 1. The van der Waals surface area contributed by atoms with E-state index >= 15 is 0 Å². The van der Waals surface area contributed by atoms with Crippen molar-refractivity contribution in [1.82, 2.24) is 25.1 Å². The highest BCUT2D eigenvalue weighted by Gasteiger charge is 2.29. The summed E-state index contributed by atoms with van der Waals surface area (Å²) in [5, 5.41) is 12.5. The van der Waals surface area contributed by atoms with Gasteiger partial charge in [0.2, 0.25) is 0 Å². The minimum absolute atomic E-state index is 0.154. The van der Waals surface area contributed by atoms with Crippen molar-refractivity contribution in [3.63, 3.8) is 0 Å². The second kappa shape index (κ2) is 8.31. The van der Waals surface area contributed by atoms with E-state index in [1.807, 2.05) is 16.8 Å². The third-order valence-electron chi connectivity index (χ3n) is 5.59. The predicted molar refractivity (Wildman–Crippen MR) is 100 cm³/mol. The number of hydrogen-bond donors (Lipinski definition) is 0. The van der Waals surface area contributed by atoms with Gasteiger partial charge in [0.1, 0.15) is 5.82 Å². The number of anilines is 1. The predicted octanol–water partition coefficient (Wildman–Crippen LogP) is 2.26. The van der Waals surface area contributed by atoms with Gasteiger partial charge in [-0.1, -0.05) is 19.1 Å². The molecule has 7 nitrogen and oxygen atoms in total. The SMILES string of the molecule is CC[C@@H](c1nnnn1C[C@H]1CCCO1)N1CCN(c2ccccc2F)CC1. The molecule has 0 unspecified atom stereocenters. The Bertz CT molecular complexity index is 739. The number of piperazine rings is 1. The lowest BCUT2D eigenvalue weighted by Gasteiger charge is -2.39. The third-order valence-corrected chi connectivity index (χ3v) is 5.59. The summed E-state index contributed by atoms with van der Waals surface area (Å²) in [6.45, 7) is 7.03. The average molecular weight is 374 g/mol. The van der Waals surface area contributed by atoms with Crippen molar-refractivity contribution in [3.05, 3.63) is 35.9 Å². The number of tetrazole rings is 1. The molecule has 146 valence electrons. The highest BCUT2D eigenvalue weighted by Crippen LogP contribution is 2.27. The molecule has 2 aliphatic heterocycles. The van der Waals surface area contributed by atoms with Crippen molar-refractivity contribution in [2.45, 2.75) is 44.9 Å². The van der Waals surface area contributed by atoms with Gasteiger partial charge in [0.05, 0.1) is 24.4 Å². The van der Waals surface area contributed by atoms with Gasteiger partial charge in [-0.15, -0.1) is 5.10 Å². The first kappa shape index (κ1) is 18.3. The average Bonchev–Trinajstić information content (AvgIpc) is 3.37. The molecular weight excluding hydrogens is 347 g/mol. The summed E-state index contributed by atoms with van der Waals surface area (Å²) < 4.78 is 21.7. The highest BCUT2D eigenvalue weighted by atomic mass is 19.1. The second-order valence-corrected chi connectivity index (χ2v) is 7.25. The Morgan fingerprint density at radius 2 is 2.04 bits per heavy atom. The molecule has 27 heavy (non-hydrogen) atoms. The van der Waals surface area contributed by atoms with Crippen LogP contribution in [0.4, 0.5) is 10.1 Å². The molecule has 4 rings (SSSR count). The molecule has 2 aromatic rings. The van der Waals surface area contributed by atoms with Gasteiger partial charge in [-0.25, -0.2) is 9.07 Å². The van der Waals surface area contributed by atoms with Crippen molar-refractivity contribution in [1.29, 1.82) is 0 Å². The van der Waals surface area contributed by atoms with Crippen LogP contribution < -0.4 is 4.90 Å². The lowest BCUT2D eigenvalue weighted by molar-refractivity contribution is 0.0894. The first-order valence-corrected chi connectivity index (χ1v) is 9.87. The fourth-order valence-corrected chi connectivity index (χ4v) is 4.15. The van der Waals surface area contributed by atoms with Gasteiger partial charge in [-0.3, -0.25) is 4.90 Å². The lowest BCUT2D eigenvalue weighted by atomic mass is 10.1. The summed E-state index contributed by atoms with van der Waals surface area (Å²) in [4.78, 5) is 4.53. The van der Waals surface area contributed by atoms with Crippen molar-refractivity contribution in [2.24, 2.45) is 0 Å². The van der Waals surface area contributed by atoms with E-state index in [1.165, 1.54) is 6.07 Å². The Morgan fingerprint density at radius 1 is 1.22 bits per heavy atom. The van der Waals surface area contributed by atoms with Crippen LogP contribution in [0.25, 0.3) is 0 Å². The molecular formula is C19H27FN6O.